The van der Waals surface area contributed by atoms with Gasteiger partial charge < -0.3 is 0 Å². The van der Waals surface area contributed by atoms with E-state index in [2.05, 4.69) is 35.2 Å². The molecule has 0 radical (unpaired) electrons. The molecule has 0 rings (SSSR count). The molecule has 0 aliphatic carbocycles. The Labute approximate surface area is 76.6 Å². The molecular weight excluding hydrogens is 208 g/mol. The standard InChI is InChI=1S/C8H15BrS/c1-3-4-5-6-7-8(9)10-2/h7H,3-6H2,1-2H3/b8-7-. The highest BCUT2D eigenvalue weighted by Crippen LogP contribution is 2.19. The van der Waals surface area contributed by atoms with Crippen LogP contribution in [-0.2, 0) is 0 Å². The average molecular weight is 223 g/mol. The summed E-state index contributed by atoms with van der Waals surface area (Å²) in [5.41, 5.74) is 0. The van der Waals surface area contributed by atoms with Crippen LogP contribution in [0, 0.1) is 0 Å². The average Bonchev–Trinajstić information content (AvgIpc) is 1.98. The van der Waals surface area contributed by atoms with E-state index in [9.17, 15) is 0 Å². The first-order chi connectivity index (χ1) is 4.81. The topological polar surface area (TPSA) is 0 Å². The molecule has 0 spiro atoms. The van der Waals surface area contributed by atoms with Crippen molar-refractivity contribution in [2.75, 3.05) is 6.26 Å². The summed E-state index contributed by atoms with van der Waals surface area (Å²) >= 11 is 5.21. The summed E-state index contributed by atoms with van der Waals surface area (Å²) in [4.78, 5) is 0. The summed E-state index contributed by atoms with van der Waals surface area (Å²) in [7, 11) is 0. The molecule has 0 aromatic heterocycles. The van der Waals surface area contributed by atoms with E-state index < -0.39 is 0 Å². The predicted octanol–water partition coefficient (Wildman–Crippen LogP) is 4.17. The first-order valence-electron chi connectivity index (χ1n) is 3.71. The van der Waals surface area contributed by atoms with Crippen molar-refractivity contribution in [2.24, 2.45) is 0 Å². The van der Waals surface area contributed by atoms with Crippen LogP contribution in [0.5, 0.6) is 0 Å². The molecule has 0 atom stereocenters. The SMILES string of the molecule is CCCCC/C=C(/Br)SC. The fraction of sp³-hybridized carbons (Fsp3) is 0.750. The van der Waals surface area contributed by atoms with E-state index in [1.54, 1.807) is 11.8 Å². The van der Waals surface area contributed by atoms with Gasteiger partial charge in [-0.1, -0.05) is 25.8 Å². The van der Waals surface area contributed by atoms with Gasteiger partial charge in [-0.3, -0.25) is 0 Å². The van der Waals surface area contributed by atoms with Crippen LogP contribution in [0.15, 0.2) is 9.89 Å². The molecule has 0 amide bonds. The van der Waals surface area contributed by atoms with E-state index >= 15 is 0 Å². The number of hydrogen-bond donors (Lipinski definition) is 0. The molecule has 0 N–H and O–H groups in total. The quantitative estimate of drug-likeness (QED) is 0.630. The zero-order chi connectivity index (χ0) is 7.82. The second kappa shape index (κ2) is 7.67. The molecule has 0 aliphatic rings. The Kier molecular flexibility index (Phi) is 8.11. The first-order valence-corrected chi connectivity index (χ1v) is 5.72. The smallest absolute Gasteiger partial charge is 0.0460 e. The van der Waals surface area contributed by atoms with E-state index in [0.717, 1.165) is 0 Å². The van der Waals surface area contributed by atoms with Gasteiger partial charge in [0.1, 0.15) is 0 Å². The molecule has 0 aromatic rings. The fourth-order valence-electron chi connectivity index (χ4n) is 0.693. The summed E-state index contributed by atoms with van der Waals surface area (Å²) in [5, 5.41) is 0. The Bertz CT molecular complexity index is 99.4. The van der Waals surface area contributed by atoms with Crippen LogP contribution < -0.4 is 0 Å². The molecule has 0 saturated carbocycles. The maximum Gasteiger partial charge on any atom is 0.0460 e. The lowest BCUT2D eigenvalue weighted by atomic mass is 10.2. The highest BCUT2D eigenvalue weighted by atomic mass is 79.9. The van der Waals surface area contributed by atoms with Crippen molar-refractivity contribution < 1.29 is 0 Å². The Morgan fingerprint density at radius 2 is 2.20 bits per heavy atom. The zero-order valence-corrected chi connectivity index (χ0v) is 9.09. The monoisotopic (exact) mass is 222 g/mol. The molecule has 0 nitrogen and oxygen atoms in total. The molecule has 0 bridgehead atoms. The van der Waals surface area contributed by atoms with Gasteiger partial charge in [-0.15, -0.1) is 11.8 Å². The van der Waals surface area contributed by atoms with Crippen molar-refractivity contribution in [3.63, 3.8) is 0 Å². The third-order valence-corrected chi connectivity index (χ3v) is 3.16. The number of rotatable bonds is 5. The number of hydrogen-bond acceptors (Lipinski definition) is 1. The van der Waals surface area contributed by atoms with Crippen molar-refractivity contribution in [1.82, 2.24) is 0 Å². The van der Waals surface area contributed by atoms with Gasteiger partial charge in [0.05, 0.1) is 0 Å². The van der Waals surface area contributed by atoms with Gasteiger partial charge >= 0.3 is 0 Å². The minimum absolute atomic E-state index is 1.22. The zero-order valence-electron chi connectivity index (χ0n) is 6.69. The van der Waals surface area contributed by atoms with Crippen LogP contribution in [0.2, 0.25) is 0 Å². The molecule has 60 valence electrons. The van der Waals surface area contributed by atoms with E-state index in [0.29, 0.717) is 0 Å². The predicted molar refractivity (Wildman–Crippen MR) is 54.7 cm³/mol. The van der Waals surface area contributed by atoms with Crippen molar-refractivity contribution >= 4 is 27.7 Å². The van der Waals surface area contributed by atoms with Crippen LogP contribution in [0.25, 0.3) is 0 Å². The first kappa shape index (κ1) is 10.6. The summed E-state index contributed by atoms with van der Waals surface area (Å²) in [6, 6.07) is 0. The van der Waals surface area contributed by atoms with Gasteiger partial charge in [-0.25, -0.2) is 0 Å². The molecule has 10 heavy (non-hydrogen) atoms. The summed E-state index contributed by atoms with van der Waals surface area (Å²) in [5.74, 6) is 0. The van der Waals surface area contributed by atoms with Gasteiger partial charge in [-0.05, 0) is 35.0 Å². The second-order valence-corrected chi connectivity index (χ2v) is 4.44. The maximum atomic E-state index is 3.45. The third kappa shape index (κ3) is 6.69. The normalized spacial score (nSPS) is 12.1. The minimum Gasteiger partial charge on any atom is -0.122 e. The van der Waals surface area contributed by atoms with E-state index in [1.807, 2.05) is 0 Å². The van der Waals surface area contributed by atoms with Gasteiger partial charge in [0.25, 0.3) is 0 Å². The molecule has 2 heteroatoms. The third-order valence-electron chi connectivity index (χ3n) is 1.31. The van der Waals surface area contributed by atoms with Gasteiger partial charge in [-0.2, -0.15) is 0 Å². The Morgan fingerprint density at radius 1 is 1.50 bits per heavy atom. The molecule has 0 aromatic carbocycles. The molecule has 0 unspecified atom stereocenters. The lowest BCUT2D eigenvalue weighted by Crippen LogP contribution is -1.71. The Balaban J connectivity index is 3.16. The van der Waals surface area contributed by atoms with Gasteiger partial charge in [0.15, 0.2) is 0 Å². The number of halogens is 1. The Hall–Kier alpha value is 0.570. The lowest BCUT2D eigenvalue weighted by molar-refractivity contribution is 0.729. The van der Waals surface area contributed by atoms with E-state index in [1.165, 1.54) is 29.5 Å². The molecule has 0 saturated heterocycles. The highest BCUT2D eigenvalue weighted by Gasteiger charge is 1.86. The summed E-state index contributed by atoms with van der Waals surface area (Å²) in [6.45, 7) is 2.23. The van der Waals surface area contributed by atoms with Crippen molar-refractivity contribution in [2.45, 2.75) is 32.6 Å². The van der Waals surface area contributed by atoms with Gasteiger partial charge in [0, 0.05) is 3.81 Å². The minimum atomic E-state index is 1.22. The molecule has 0 heterocycles. The molecule has 0 aliphatic heterocycles. The fourth-order valence-corrected chi connectivity index (χ4v) is 1.21. The van der Waals surface area contributed by atoms with Crippen molar-refractivity contribution in [3.05, 3.63) is 9.89 Å². The lowest BCUT2D eigenvalue weighted by Gasteiger charge is -1.93. The van der Waals surface area contributed by atoms with Crippen LogP contribution >= 0.6 is 27.7 Å². The molecular formula is C8H15BrS. The molecule has 0 fully saturated rings. The maximum absolute atomic E-state index is 3.45. The highest BCUT2D eigenvalue weighted by molar-refractivity contribution is 9.14. The van der Waals surface area contributed by atoms with Gasteiger partial charge in [0.2, 0.25) is 0 Å². The number of unbranched alkanes of at least 4 members (excludes halogenated alkanes) is 3. The summed E-state index contributed by atoms with van der Waals surface area (Å²) in [6.07, 6.45) is 9.54. The van der Waals surface area contributed by atoms with E-state index in [-0.39, 0.29) is 0 Å². The van der Waals surface area contributed by atoms with Crippen LogP contribution in [0.4, 0.5) is 0 Å². The van der Waals surface area contributed by atoms with Crippen LogP contribution in [0.1, 0.15) is 32.6 Å². The largest absolute Gasteiger partial charge is 0.122 e. The second-order valence-electron chi connectivity index (χ2n) is 2.21. The summed E-state index contributed by atoms with van der Waals surface area (Å²) < 4.78 is 1.27. The van der Waals surface area contributed by atoms with Crippen molar-refractivity contribution in [1.29, 1.82) is 0 Å². The van der Waals surface area contributed by atoms with E-state index in [4.69, 9.17) is 0 Å². The van der Waals surface area contributed by atoms with Crippen LogP contribution in [0.3, 0.4) is 0 Å². The Morgan fingerprint density at radius 3 is 2.70 bits per heavy atom. The number of thioether (sulfide) groups is 1. The number of allylic oxidation sites excluding steroid dienone is 1. The van der Waals surface area contributed by atoms with Crippen molar-refractivity contribution in [3.8, 4) is 0 Å². The van der Waals surface area contributed by atoms with Crippen LogP contribution in [-0.4, -0.2) is 6.26 Å².